The molecule has 3 heteroatoms. The maximum Gasteiger partial charge on any atom is 0.0573 e. The van der Waals surface area contributed by atoms with E-state index in [1.54, 1.807) is 0 Å². The minimum Gasteiger partial charge on any atom is -0.398 e. The molecule has 0 aliphatic carbocycles. The zero-order chi connectivity index (χ0) is 21.9. The summed E-state index contributed by atoms with van der Waals surface area (Å²) in [5.41, 5.74) is 16.4. The van der Waals surface area contributed by atoms with Crippen molar-refractivity contribution in [1.29, 1.82) is 0 Å². The molecule has 0 saturated carbocycles. The van der Waals surface area contributed by atoms with Crippen molar-refractivity contribution in [2.75, 3.05) is 5.73 Å². The molecule has 0 saturated heterocycles. The fourth-order valence-electron chi connectivity index (χ4n) is 5.32. The SMILES string of the molecule is Nc1ccccc1-c1c(-c2ccccc2)c2c3ccccc3[nH]c2c2c1[nH]c1ccccc12. The molecule has 2 heterocycles. The van der Waals surface area contributed by atoms with Gasteiger partial charge in [0.25, 0.3) is 0 Å². The summed E-state index contributed by atoms with van der Waals surface area (Å²) < 4.78 is 0. The standard InChI is InChI=1S/C30H21N3/c31-22-15-7-4-12-19(22)26-25(18-10-2-1-3-11-18)27-20-13-5-8-16-23(20)32-30(27)28-21-14-6-9-17-24(21)33-29(26)28/h1-17,32-33H,31H2. The fraction of sp³-hybridized carbons (Fsp3) is 0. The van der Waals surface area contributed by atoms with Crippen LogP contribution in [0.5, 0.6) is 0 Å². The number of aromatic amines is 2. The second kappa shape index (κ2) is 6.75. The van der Waals surface area contributed by atoms with Crippen LogP contribution < -0.4 is 5.73 Å². The van der Waals surface area contributed by atoms with Crippen LogP contribution in [0.15, 0.2) is 103 Å². The highest BCUT2D eigenvalue weighted by Crippen LogP contribution is 2.49. The quantitative estimate of drug-likeness (QED) is 0.243. The van der Waals surface area contributed by atoms with Crippen molar-refractivity contribution >= 4 is 49.3 Å². The average molecular weight is 424 g/mol. The number of nitrogens with one attached hydrogen (secondary N) is 2. The van der Waals surface area contributed by atoms with Gasteiger partial charge in [-0.05, 0) is 23.8 Å². The van der Waals surface area contributed by atoms with Crippen molar-refractivity contribution < 1.29 is 0 Å². The number of nitrogen functional groups attached to an aromatic ring is 1. The molecule has 3 nitrogen and oxygen atoms in total. The second-order valence-corrected chi connectivity index (χ2v) is 8.54. The molecule has 0 fully saturated rings. The Labute approximate surface area is 190 Å². The predicted octanol–water partition coefficient (Wildman–Crippen LogP) is 7.87. The van der Waals surface area contributed by atoms with Crippen LogP contribution in [0.2, 0.25) is 0 Å². The van der Waals surface area contributed by atoms with Gasteiger partial charge in [0.05, 0.1) is 11.0 Å². The number of hydrogen-bond donors (Lipinski definition) is 3. The molecular weight excluding hydrogens is 402 g/mol. The number of benzene rings is 5. The van der Waals surface area contributed by atoms with E-state index < -0.39 is 0 Å². The first kappa shape index (κ1) is 18.1. The van der Waals surface area contributed by atoms with Crippen LogP contribution in [0.1, 0.15) is 0 Å². The Kier molecular flexibility index (Phi) is 3.70. The number of fused-ring (bicyclic) bond motifs is 7. The second-order valence-electron chi connectivity index (χ2n) is 8.54. The highest BCUT2D eigenvalue weighted by atomic mass is 14.8. The third-order valence-electron chi connectivity index (χ3n) is 6.70. The normalized spacial score (nSPS) is 11.8. The molecule has 0 aliphatic heterocycles. The molecule has 33 heavy (non-hydrogen) atoms. The number of hydrogen-bond acceptors (Lipinski definition) is 1. The molecule has 0 spiro atoms. The van der Waals surface area contributed by atoms with Crippen molar-refractivity contribution in [2.45, 2.75) is 0 Å². The largest absolute Gasteiger partial charge is 0.398 e. The summed E-state index contributed by atoms with van der Waals surface area (Å²) in [7, 11) is 0. The predicted molar refractivity (Wildman–Crippen MR) is 140 cm³/mol. The van der Waals surface area contributed by atoms with Crippen LogP contribution in [0.3, 0.4) is 0 Å². The van der Waals surface area contributed by atoms with E-state index in [2.05, 4.69) is 101 Å². The van der Waals surface area contributed by atoms with Gasteiger partial charge >= 0.3 is 0 Å². The summed E-state index contributed by atoms with van der Waals surface area (Å²) in [5.74, 6) is 0. The molecule has 7 aromatic rings. The fourth-order valence-corrected chi connectivity index (χ4v) is 5.32. The number of para-hydroxylation sites is 3. The van der Waals surface area contributed by atoms with Gasteiger partial charge < -0.3 is 15.7 Å². The summed E-state index contributed by atoms with van der Waals surface area (Å²) in [6.07, 6.45) is 0. The van der Waals surface area contributed by atoms with Gasteiger partial charge in [0.1, 0.15) is 0 Å². The van der Waals surface area contributed by atoms with E-state index in [4.69, 9.17) is 5.73 Å². The lowest BCUT2D eigenvalue weighted by Crippen LogP contribution is -1.94. The van der Waals surface area contributed by atoms with Crippen LogP contribution in [0.4, 0.5) is 5.69 Å². The van der Waals surface area contributed by atoms with E-state index >= 15 is 0 Å². The first-order valence-electron chi connectivity index (χ1n) is 11.2. The Morgan fingerprint density at radius 2 is 1.06 bits per heavy atom. The number of rotatable bonds is 2. The average Bonchev–Trinajstić information content (AvgIpc) is 3.43. The molecular formula is C30H21N3. The van der Waals surface area contributed by atoms with Gasteiger partial charge in [-0.2, -0.15) is 0 Å². The Bertz CT molecular complexity index is 1820. The zero-order valence-corrected chi connectivity index (χ0v) is 17.9. The zero-order valence-electron chi connectivity index (χ0n) is 17.9. The molecule has 2 aromatic heterocycles. The highest BCUT2D eigenvalue weighted by Gasteiger charge is 2.24. The maximum absolute atomic E-state index is 6.60. The van der Waals surface area contributed by atoms with Crippen LogP contribution in [0.25, 0.3) is 65.9 Å². The van der Waals surface area contributed by atoms with Gasteiger partial charge in [-0.1, -0.05) is 84.9 Å². The molecule has 7 rings (SSSR count). The van der Waals surface area contributed by atoms with Crippen LogP contribution in [-0.2, 0) is 0 Å². The van der Waals surface area contributed by atoms with Crippen LogP contribution >= 0.6 is 0 Å². The molecule has 0 radical (unpaired) electrons. The number of aromatic nitrogens is 2. The summed E-state index contributed by atoms with van der Waals surface area (Å²) in [6, 6.07) is 35.9. The van der Waals surface area contributed by atoms with E-state index in [0.717, 1.165) is 38.9 Å². The first-order chi connectivity index (χ1) is 16.3. The Morgan fingerprint density at radius 3 is 1.79 bits per heavy atom. The molecule has 156 valence electrons. The molecule has 0 amide bonds. The Balaban J connectivity index is 1.85. The van der Waals surface area contributed by atoms with Crippen molar-refractivity contribution in [3.05, 3.63) is 103 Å². The summed E-state index contributed by atoms with van der Waals surface area (Å²) in [5, 5.41) is 4.86. The maximum atomic E-state index is 6.60. The van der Waals surface area contributed by atoms with Gasteiger partial charge in [0.2, 0.25) is 0 Å². The van der Waals surface area contributed by atoms with Crippen molar-refractivity contribution in [3.8, 4) is 22.3 Å². The number of nitrogens with two attached hydrogens (primary N) is 1. The van der Waals surface area contributed by atoms with Crippen molar-refractivity contribution in [1.82, 2.24) is 9.97 Å². The molecule has 0 atom stereocenters. The third-order valence-corrected chi connectivity index (χ3v) is 6.70. The molecule has 0 unspecified atom stereocenters. The topological polar surface area (TPSA) is 57.6 Å². The van der Waals surface area contributed by atoms with Gasteiger partial charge in [-0.25, -0.2) is 0 Å². The van der Waals surface area contributed by atoms with Gasteiger partial charge in [0.15, 0.2) is 0 Å². The molecule has 0 bridgehead atoms. The summed E-state index contributed by atoms with van der Waals surface area (Å²) in [4.78, 5) is 7.49. The Hall–Kier alpha value is -4.50. The van der Waals surface area contributed by atoms with Gasteiger partial charge in [0, 0.05) is 55.0 Å². The van der Waals surface area contributed by atoms with Crippen LogP contribution in [0, 0.1) is 0 Å². The lowest BCUT2D eigenvalue weighted by Gasteiger charge is -2.16. The lowest BCUT2D eigenvalue weighted by molar-refractivity contribution is 1.53. The summed E-state index contributed by atoms with van der Waals surface area (Å²) in [6.45, 7) is 0. The van der Waals surface area contributed by atoms with E-state index in [-0.39, 0.29) is 0 Å². The first-order valence-corrected chi connectivity index (χ1v) is 11.2. The smallest absolute Gasteiger partial charge is 0.0573 e. The highest BCUT2D eigenvalue weighted by molar-refractivity contribution is 6.32. The van der Waals surface area contributed by atoms with E-state index in [1.165, 1.54) is 32.7 Å². The number of H-pyrrole nitrogens is 2. The molecule has 5 aromatic carbocycles. The summed E-state index contributed by atoms with van der Waals surface area (Å²) >= 11 is 0. The molecule has 0 aliphatic rings. The van der Waals surface area contributed by atoms with E-state index in [0.29, 0.717) is 0 Å². The van der Waals surface area contributed by atoms with Crippen LogP contribution in [-0.4, -0.2) is 9.97 Å². The van der Waals surface area contributed by atoms with Gasteiger partial charge in [-0.3, -0.25) is 0 Å². The monoisotopic (exact) mass is 423 g/mol. The third kappa shape index (κ3) is 2.50. The van der Waals surface area contributed by atoms with Gasteiger partial charge in [-0.15, -0.1) is 0 Å². The molecule has 4 N–H and O–H groups in total. The minimum absolute atomic E-state index is 0.772. The van der Waals surface area contributed by atoms with Crippen molar-refractivity contribution in [2.24, 2.45) is 0 Å². The number of anilines is 1. The minimum atomic E-state index is 0.772. The van der Waals surface area contributed by atoms with E-state index in [9.17, 15) is 0 Å². The lowest BCUT2D eigenvalue weighted by atomic mass is 9.87. The van der Waals surface area contributed by atoms with Crippen molar-refractivity contribution in [3.63, 3.8) is 0 Å². The van der Waals surface area contributed by atoms with E-state index in [1.807, 2.05) is 12.1 Å². The Morgan fingerprint density at radius 1 is 0.485 bits per heavy atom.